The molecule has 0 aliphatic rings. The van der Waals surface area contributed by atoms with Crippen LogP contribution in [0.4, 0.5) is 10.5 Å². The number of carboxylic acid groups (broad SMARTS) is 1. The molecule has 0 saturated heterocycles. The van der Waals surface area contributed by atoms with Gasteiger partial charge >= 0.3 is 12.0 Å². The van der Waals surface area contributed by atoms with Crippen molar-refractivity contribution in [2.24, 2.45) is 0 Å². The number of amides is 2. The number of unbranched alkanes of at least 4 members (excludes halogenated alkanes) is 2. The molecule has 0 bridgehead atoms. The third-order valence-electron chi connectivity index (χ3n) is 2.76. The number of hydrogen-bond acceptors (Lipinski definition) is 3. The third-order valence-corrected chi connectivity index (χ3v) is 2.76. The first-order valence-corrected chi connectivity index (χ1v) is 7.11. The lowest BCUT2D eigenvalue weighted by molar-refractivity contribution is -0.137. The van der Waals surface area contributed by atoms with Gasteiger partial charge in [0, 0.05) is 24.7 Å². The van der Waals surface area contributed by atoms with Crippen LogP contribution in [0.1, 0.15) is 32.6 Å². The molecule has 3 N–H and O–H groups in total. The summed E-state index contributed by atoms with van der Waals surface area (Å²) in [5, 5.41) is 14.0. The maximum Gasteiger partial charge on any atom is 0.319 e. The van der Waals surface area contributed by atoms with Gasteiger partial charge in [0.05, 0.1) is 6.61 Å². The molecule has 1 rings (SSSR count). The van der Waals surface area contributed by atoms with Crippen LogP contribution < -0.4 is 15.4 Å². The van der Waals surface area contributed by atoms with E-state index in [-0.39, 0.29) is 12.5 Å². The summed E-state index contributed by atoms with van der Waals surface area (Å²) in [6.07, 6.45) is 2.36. The van der Waals surface area contributed by atoms with E-state index in [1.165, 1.54) is 0 Å². The van der Waals surface area contributed by atoms with E-state index >= 15 is 0 Å². The minimum absolute atomic E-state index is 0.177. The quantitative estimate of drug-likeness (QED) is 0.611. The largest absolute Gasteiger partial charge is 0.494 e. The van der Waals surface area contributed by atoms with E-state index in [1.54, 1.807) is 12.1 Å². The molecule has 0 aliphatic heterocycles. The van der Waals surface area contributed by atoms with E-state index in [9.17, 15) is 9.59 Å². The van der Waals surface area contributed by atoms with Crippen molar-refractivity contribution in [1.82, 2.24) is 5.32 Å². The molecule has 0 heterocycles. The minimum Gasteiger partial charge on any atom is -0.494 e. The lowest BCUT2D eigenvalue weighted by Gasteiger charge is -2.09. The lowest BCUT2D eigenvalue weighted by atomic mass is 10.2. The second-order valence-corrected chi connectivity index (χ2v) is 4.55. The number of carboxylic acids is 1. The van der Waals surface area contributed by atoms with Crippen LogP contribution >= 0.6 is 0 Å². The maximum atomic E-state index is 11.7. The van der Waals surface area contributed by atoms with Crippen molar-refractivity contribution < 1.29 is 19.4 Å². The summed E-state index contributed by atoms with van der Waals surface area (Å²) in [5.41, 5.74) is 0.671. The number of urea groups is 1. The minimum atomic E-state index is -0.783. The van der Waals surface area contributed by atoms with Gasteiger partial charge in [-0.25, -0.2) is 4.79 Å². The van der Waals surface area contributed by atoms with Gasteiger partial charge in [-0.2, -0.15) is 0 Å². The SMILES string of the molecule is CCOc1cccc(NC(=O)NCCCCCC(=O)O)c1. The van der Waals surface area contributed by atoms with Gasteiger partial charge in [0.1, 0.15) is 5.75 Å². The van der Waals surface area contributed by atoms with Crippen molar-refractivity contribution in [3.8, 4) is 5.75 Å². The molecule has 2 amide bonds. The van der Waals surface area contributed by atoms with E-state index in [1.807, 2.05) is 19.1 Å². The second-order valence-electron chi connectivity index (χ2n) is 4.55. The topological polar surface area (TPSA) is 87.7 Å². The Bertz CT molecular complexity index is 463. The molecule has 6 nitrogen and oxygen atoms in total. The number of carbonyl (C=O) groups is 2. The van der Waals surface area contributed by atoms with E-state index < -0.39 is 5.97 Å². The molecule has 0 atom stereocenters. The van der Waals surface area contributed by atoms with Gasteiger partial charge < -0.3 is 20.5 Å². The first kappa shape index (κ1) is 16.8. The van der Waals surface area contributed by atoms with Gasteiger partial charge in [0.2, 0.25) is 0 Å². The molecule has 0 fully saturated rings. The molecule has 6 heteroatoms. The zero-order valence-corrected chi connectivity index (χ0v) is 12.2. The van der Waals surface area contributed by atoms with Gasteiger partial charge in [0.25, 0.3) is 0 Å². The number of ether oxygens (including phenoxy) is 1. The van der Waals surface area contributed by atoms with Crippen LogP contribution in [0.3, 0.4) is 0 Å². The highest BCUT2D eigenvalue weighted by atomic mass is 16.5. The first-order valence-electron chi connectivity index (χ1n) is 7.11. The Morgan fingerprint density at radius 1 is 1.24 bits per heavy atom. The Hall–Kier alpha value is -2.24. The van der Waals surface area contributed by atoms with Gasteiger partial charge in [-0.1, -0.05) is 12.5 Å². The summed E-state index contributed by atoms with van der Waals surface area (Å²) in [6.45, 7) is 3.00. The van der Waals surface area contributed by atoms with Crippen LogP contribution in [0.2, 0.25) is 0 Å². The van der Waals surface area contributed by atoms with Crippen LogP contribution in [0.25, 0.3) is 0 Å². The molecule has 0 saturated carbocycles. The molecule has 116 valence electrons. The van der Waals surface area contributed by atoms with E-state index in [0.29, 0.717) is 31.0 Å². The highest BCUT2D eigenvalue weighted by molar-refractivity contribution is 5.89. The third kappa shape index (κ3) is 7.81. The highest BCUT2D eigenvalue weighted by Crippen LogP contribution is 2.17. The van der Waals surface area contributed by atoms with Crippen molar-refractivity contribution in [2.45, 2.75) is 32.6 Å². The fourth-order valence-corrected chi connectivity index (χ4v) is 1.79. The predicted molar refractivity (Wildman–Crippen MR) is 80.7 cm³/mol. The fraction of sp³-hybridized carbons (Fsp3) is 0.467. The zero-order valence-electron chi connectivity index (χ0n) is 12.2. The van der Waals surface area contributed by atoms with Crippen molar-refractivity contribution in [3.63, 3.8) is 0 Å². The Balaban J connectivity index is 2.21. The summed E-state index contributed by atoms with van der Waals surface area (Å²) >= 11 is 0. The van der Waals surface area contributed by atoms with Gasteiger partial charge in [-0.15, -0.1) is 0 Å². The maximum absolute atomic E-state index is 11.7. The van der Waals surface area contributed by atoms with Crippen LogP contribution in [0.15, 0.2) is 24.3 Å². The fourth-order valence-electron chi connectivity index (χ4n) is 1.79. The van der Waals surface area contributed by atoms with Gasteiger partial charge in [-0.05, 0) is 31.9 Å². The average Bonchev–Trinajstić information content (AvgIpc) is 2.43. The number of rotatable bonds is 9. The average molecular weight is 294 g/mol. The molecule has 0 spiro atoms. The standard InChI is InChI=1S/C15H22N2O4/c1-2-21-13-8-6-7-12(11-13)17-15(20)16-10-5-3-4-9-14(18)19/h6-8,11H,2-5,9-10H2,1H3,(H,18,19)(H2,16,17,20). The summed E-state index contributed by atoms with van der Waals surface area (Å²) in [6, 6.07) is 6.91. The highest BCUT2D eigenvalue weighted by Gasteiger charge is 2.02. The Morgan fingerprint density at radius 3 is 2.76 bits per heavy atom. The van der Waals surface area contributed by atoms with Gasteiger partial charge in [-0.3, -0.25) is 4.79 Å². The number of hydrogen-bond donors (Lipinski definition) is 3. The van der Waals surface area contributed by atoms with Crippen molar-refractivity contribution >= 4 is 17.7 Å². The van der Waals surface area contributed by atoms with Crippen molar-refractivity contribution in [3.05, 3.63) is 24.3 Å². The molecule has 1 aromatic carbocycles. The molecule has 1 aromatic rings. The number of aliphatic carboxylic acids is 1. The van der Waals surface area contributed by atoms with Crippen molar-refractivity contribution in [1.29, 1.82) is 0 Å². The smallest absolute Gasteiger partial charge is 0.319 e. The van der Waals surface area contributed by atoms with Crippen LogP contribution in [0.5, 0.6) is 5.75 Å². The predicted octanol–water partition coefficient (Wildman–Crippen LogP) is 2.85. The summed E-state index contributed by atoms with van der Waals surface area (Å²) < 4.78 is 5.35. The normalized spacial score (nSPS) is 9.95. The van der Waals surface area contributed by atoms with Crippen LogP contribution in [-0.2, 0) is 4.79 Å². The first-order chi connectivity index (χ1) is 10.1. The lowest BCUT2D eigenvalue weighted by Crippen LogP contribution is -2.29. The summed E-state index contributed by atoms with van der Waals surface area (Å²) in [4.78, 5) is 22.0. The van der Waals surface area contributed by atoms with E-state index in [4.69, 9.17) is 9.84 Å². The van der Waals surface area contributed by atoms with E-state index in [2.05, 4.69) is 10.6 Å². The molecule has 0 aromatic heterocycles. The molecule has 21 heavy (non-hydrogen) atoms. The van der Waals surface area contributed by atoms with Crippen LogP contribution in [-0.4, -0.2) is 30.3 Å². The monoisotopic (exact) mass is 294 g/mol. The molecule has 0 unspecified atom stereocenters. The zero-order chi connectivity index (χ0) is 15.5. The van der Waals surface area contributed by atoms with E-state index in [0.717, 1.165) is 12.8 Å². The molecular weight excluding hydrogens is 272 g/mol. The summed E-state index contributed by atoms with van der Waals surface area (Å²) in [5.74, 6) is -0.0705. The second kappa shape index (κ2) is 9.63. The Labute approximate surface area is 124 Å². The number of carbonyl (C=O) groups excluding carboxylic acids is 1. The van der Waals surface area contributed by atoms with Gasteiger partial charge in [0.15, 0.2) is 0 Å². The Morgan fingerprint density at radius 2 is 2.05 bits per heavy atom. The number of nitrogens with one attached hydrogen (secondary N) is 2. The number of benzene rings is 1. The van der Waals surface area contributed by atoms with Crippen LogP contribution in [0, 0.1) is 0 Å². The summed E-state index contributed by atoms with van der Waals surface area (Å²) in [7, 11) is 0. The number of anilines is 1. The molecular formula is C15H22N2O4. The molecule has 0 radical (unpaired) electrons. The Kier molecular flexibility index (Phi) is 7.71. The molecule has 0 aliphatic carbocycles. The van der Waals surface area contributed by atoms with Crippen molar-refractivity contribution in [2.75, 3.05) is 18.5 Å².